The first-order chi connectivity index (χ1) is 18.5. The van der Waals surface area contributed by atoms with E-state index in [9.17, 15) is 29.4 Å². The second-order valence-electron chi connectivity index (χ2n) is 10.4. The quantitative estimate of drug-likeness (QED) is 0.297. The molecule has 1 spiro atoms. The Balaban J connectivity index is 1.45. The number of nitrogens with zero attached hydrogens (tertiary/aromatic N) is 1. The van der Waals surface area contributed by atoms with Crippen LogP contribution in [0.15, 0.2) is 24.0 Å². The number of carboxylic acid groups (broad SMARTS) is 1. The summed E-state index contributed by atoms with van der Waals surface area (Å²) in [6, 6.07) is 3.13. The summed E-state index contributed by atoms with van der Waals surface area (Å²) in [7, 11) is 1.95. The lowest BCUT2D eigenvalue weighted by Gasteiger charge is -2.61. The molecule has 210 valence electrons. The number of carbonyl (C=O) groups is 4. The molecule has 5 rings (SSSR count). The molecule has 39 heavy (non-hydrogen) atoms. The van der Waals surface area contributed by atoms with Gasteiger partial charge >= 0.3 is 23.9 Å². The number of likely N-dealkylation sites (N-methyl/N-ethyl adjacent to an activating group) is 1. The van der Waals surface area contributed by atoms with Gasteiger partial charge in [-0.1, -0.05) is 6.07 Å². The molecule has 2 heterocycles. The highest BCUT2D eigenvalue weighted by molar-refractivity contribution is 5.86. The van der Waals surface area contributed by atoms with Crippen molar-refractivity contribution in [1.82, 2.24) is 4.90 Å². The Morgan fingerprint density at radius 3 is 2.69 bits per heavy atom. The third kappa shape index (κ3) is 4.22. The Morgan fingerprint density at radius 2 is 1.97 bits per heavy atom. The van der Waals surface area contributed by atoms with Crippen molar-refractivity contribution in [3.05, 3.63) is 35.1 Å². The maximum absolute atomic E-state index is 13.3. The number of ether oxygens (including phenoxy) is 4. The number of piperidine rings is 1. The zero-order valence-corrected chi connectivity index (χ0v) is 21.7. The lowest BCUT2D eigenvalue weighted by Crippen LogP contribution is -2.74. The van der Waals surface area contributed by atoms with Crippen molar-refractivity contribution in [2.24, 2.45) is 0 Å². The zero-order chi connectivity index (χ0) is 28.1. The van der Waals surface area contributed by atoms with Crippen LogP contribution in [-0.4, -0.2) is 88.1 Å². The number of rotatable bonds is 9. The minimum Gasteiger partial charge on any atom is -0.504 e. The average molecular weight is 546 g/mol. The van der Waals surface area contributed by atoms with Crippen LogP contribution in [0, 0.1) is 0 Å². The number of hydrogen-bond donors (Lipinski definition) is 3. The van der Waals surface area contributed by atoms with Gasteiger partial charge in [0.05, 0.1) is 36.9 Å². The lowest BCUT2D eigenvalue weighted by atomic mass is 9.50. The van der Waals surface area contributed by atoms with E-state index >= 15 is 0 Å². The molecule has 12 nitrogen and oxygen atoms in total. The molecular formula is C27H31NO11. The normalized spacial score (nSPS) is 28.8. The number of aromatic hydroxyl groups is 1. The number of aliphatic carboxylic acids is 1. The van der Waals surface area contributed by atoms with Crippen LogP contribution in [0.4, 0.5) is 0 Å². The first-order valence-corrected chi connectivity index (χ1v) is 12.9. The van der Waals surface area contributed by atoms with Crippen molar-refractivity contribution in [3.8, 4) is 11.5 Å². The molecular weight excluding hydrogens is 514 g/mol. The number of phenolic OH excluding ortho intramolecular Hbond substituents is 1. The smallest absolute Gasteiger partial charge is 0.353 e. The van der Waals surface area contributed by atoms with Gasteiger partial charge in [-0.2, -0.15) is 0 Å². The van der Waals surface area contributed by atoms with Gasteiger partial charge in [0, 0.05) is 18.0 Å². The summed E-state index contributed by atoms with van der Waals surface area (Å²) >= 11 is 0. The van der Waals surface area contributed by atoms with E-state index < -0.39 is 66.4 Å². The largest absolute Gasteiger partial charge is 0.504 e. The molecule has 1 saturated heterocycles. The second-order valence-corrected chi connectivity index (χ2v) is 10.4. The van der Waals surface area contributed by atoms with Crippen LogP contribution in [0.3, 0.4) is 0 Å². The molecule has 3 N–H and O–H groups in total. The van der Waals surface area contributed by atoms with E-state index in [2.05, 4.69) is 4.90 Å². The molecule has 2 aliphatic carbocycles. The highest BCUT2D eigenvalue weighted by Gasteiger charge is 2.72. The van der Waals surface area contributed by atoms with Crippen LogP contribution in [0.2, 0.25) is 0 Å². The molecule has 0 saturated carbocycles. The van der Waals surface area contributed by atoms with Crippen LogP contribution >= 0.6 is 0 Å². The van der Waals surface area contributed by atoms with Crippen molar-refractivity contribution in [3.63, 3.8) is 0 Å². The van der Waals surface area contributed by atoms with Gasteiger partial charge in [-0.3, -0.25) is 14.4 Å². The van der Waals surface area contributed by atoms with Crippen molar-refractivity contribution < 1.29 is 53.4 Å². The molecule has 1 fully saturated rings. The molecule has 1 aromatic carbocycles. The summed E-state index contributed by atoms with van der Waals surface area (Å²) in [5.74, 6) is -3.85. The molecule has 2 aliphatic heterocycles. The van der Waals surface area contributed by atoms with E-state index in [0.29, 0.717) is 24.9 Å². The maximum atomic E-state index is 13.3. The maximum Gasteiger partial charge on any atom is 0.353 e. The van der Waals surface area contributed by atoms with Crippen LogP contribution in [-0.2, 0) is 45.2 Å². The van der Waals surface area contributed by atoms with Gasteiger partial charge < -0.3 is 39.2 Å². The molecule has 0 aromatic heterocycles. The number of phenols is 1. The van der Waals surface area contributed by atoms with E-state index in [0.717, 1.165) is 5.56 Å². The summed E-state index contributed by atoms with van der Waals surface area (Å²) in [5.41, 5.74) is -0.610. The number of hydrogen-bond acceptors (Lipinski definition) is 11. The monoisotopic (exact) mass is 545 g/mol. The Kier molecular flexibility index (Phi) is 6.79. The molecule has 1 aromatic rings. The Bertz CT molecular complexity index is 1260. The number of carboxylic acids is 1. The molecule has 2 bridgehead atoms. The first kappa shape index (κ1) is 26.9. The summed E-state index contributed by atoms with van der Waals surface area (Å²) < 4.78 is 22.0. The third-order valence-electron chi connectivity index (χ3n) is 8.31. The van der Waals surface area contributed by atoms with Crippen molar-refractivity contribution in [2.75, 3.05) is 20.2 Å². The highest BCUT2D eigenvalue weighted by atomic mass is 16.6. The minimum absolute atomic E-state index is 0.0371. The summed E-state index contributed by atoms with van der Waals surface area (Å²) in [4.78, 5) is 50.6. The van der Waals surface area contributed by atoms with Gasteiger partial charge in [-0.15, -0.1) is 0 Å². The number of carbonyl (C=O) groups excluding carboxylic acids is 3. The van der Waals surface area contributed by atoms with Crippen molar-refractivity contribution >= 4 is 23.9 Å². The summed E-state index contributed by atoms with van der Waals surface area (Å²) in [6.07, 6.45) is -1.55. The second kappa shape index (κ2) is 9.83. The lowest BCUT2D eigenvalue weighted by molar-refractivity contribution is -0.178. The van der Waals surface area contributed by atoms with Crippen LogP contribution < -0.4 is 4.74 Å². The van der Waals surface area contributed by atoms with E-state index in [1.54, 1.807) is 19.1 Å². The van der Waals surface area contributed by atoms with E-state index in [1.165, 1.54) is 0 Å². The Morgan fingerprint density at radius 1 is 1.21 bits per heavy atom. The summed E-state index contributed by atoms with van der Waals surface area (Å²) in [5, 5.41) is 31.6. The topological polar surface area (TPSA) is 169 Å². The third-order valence-corrected chi connectivity index (χ3v) is 8.31. The average Bonchev–Trinajstić information content (AvgIpc) is 3.24. The molecule has 12 heteroatoms. The molecule has 5 atom stereocenters. The van der Waals surface area contributed by atoms with Crippen LogP contribution in [0.25, 0.3) is 0 Å². The van der Waals surface area contributed by atoms with E-state index in [-0.39, 0.29) is 36.3 Å². The van der Waals surface area contributed by atoms with Crippen molar-refractivity contribution in [2.45, 2.75) is 74.7 Å². The Hall–Kier alpha value is -3.64. The molecule has 4 aliphatic rings. The number of aliphatic hydroxyl groups is 1. The molecule has 0 unspecified atom stereocenters. The van der Waals surface area contributed by atoms with Gasteiger partial charge in [-0.25, -0.2) is 4.79 Å². The molecule has 0 radical (unpaired) electrons. The summed E-state index contributed by atoms with van der Waals surface area (Å²) in [6.45, 7) is 2.25. The fourth-order valence-corrected chi connectivity index (χ4v) is 6.59. The van der Waals surface area contributed by atoms with E-state index in [4.69, 9.17) is 24.1 Å². The Labute approximate surface area is 224 Å². The number of benzene rings is 1. The van der Waals surface area contributed by atoms with Crippen molar-refractivity contribution in [1.29, 1.82) is 0 Å². The number of esters is 3. The highest BCUT2D eigenvalue weighted by Crippen LogP contribution is 2.65. The van der Waals surface area contributed by atoms with Crippen LogP contribution in [0.5, 0.6) is 11.5 Å². The van der Waals surface area contributed by atoms with Gasteiger partial charge in [0.2, 0.25) is 6.10 Å². The zero-order valence-electron chi connectivity index (χ0n) is 21.7. The van der Waals surface area contributed by atoms with Crippen LogP contribution in [0.1, 0.15) is 50.2 Å². The fourth-order valence-electron chi connectivity index (χ4n) is 6.59. The van der Waals surface area contributed by atoms with Gasteiger partial charge in [0.15, 0.2) is 17.6 Å². The predicted molar refractivity (Wildman–Crippen MR) is 131 cm³/mol. The van der Waals surface area contributed by atoms with E-state index in [1.807, 2.05) is 13.1 Å². The van der Waals surface area contributed by atoms with Gasteiger partial charge in [0.25, 0.3) is 0 Å². The number of likely N-dealkylation sites (tertiary alicyclic amines) is 1. The minimum atomic E-state index is -1.69. The molecule has 0 amide bonds. The van der Waals surface area contributed by atoms with Gasteiger partial charge in [0.1, 0.15) is 5.76 Å². The first-order valence-electron chi connectivity index (χ1n) is 12.9. The fraction of sp³-hybridized carbons (Fsp3) is 0.556. The standard InChI is InChI=1S/C27H31NO11/c1-3-36-21(33)13-17(37-20(32)7-6-19(30)31)25(34)38-16-8-9-27(35)18-12-14-4-5-15(29)23-22(14)26(27,24(16)39-23)10-11-28(18)2/h4-5,8,17-18,24,29,35H,3,6-7,9-13H2,1-2H3,(H,30,31)/t17-,18+,24-,26-,27+/m0/s1. The predicted octanol–water partition coefficient (Wildman–Crippen LogP) is 0.943. The van der Waals surface area contributed by atoms with Gasteiger partial charge in [-0.05, 0) is 51.1 Å². The SMILES string of the molecule is CCOC(=O)C[C@H](OC(=O)CCC(=O)O)C(=O)OC1=CC[C@@]2(O)[C@H]3Cc4ccc(O)c5c4[C@@]2(CCN3C)[C@H]1O5.